The van der Waals surface area contributed by atoms with Gasteiger partial charge < -0.3 is 13.7 Å². The highest BCUT2D eigenvalue weighted by Gasteiger charge is 2.36. The molecule has 0 N–H and O–H groups in total. The van der Waals surface area contributed by atoms with Crippen LogP contribution >= 0.6 is 11.6 Å². The Kier molecular flexibility index (Phi) is 7.53. The first kappa shape index (κ1) is 24.6. The molecule has 8 heteroatoms. The minimum atomic E-state index is -0.843. The fourth-order valence-corrected chi connectivity index (χ4v) is 4.85. The van der Waals surface area contributed by atoms with Crippen molar-refractivity contribution < 1.29 is 14.0 Å². The van der Waals surface area contributed by atoms with Gasteiger partial charge in [-0.2, -0.15) is 0 Å². The van der Waals surface area contributed by atoms with Crippen LogP contribution in [0.2, 0.25) is 10.1 Å². The first-order valence-corrected chi connectivity index (χ1v) is 12.0. The summed E-state index contributed by atoms with van der Waals surface area (Å²) >= 11 is 6.22. The minimum absolute atomic E-state index is 0.0336. The molecule has 0 unspecified atom stereocenters. The fourth-order valence-electron chi connectivity index (χ4n) is 3.73. The maximum atomic E-state index is 13.0. The van der Waals surface area contributed by atoms with E-state index in [9.17, 15) is 9.59 Å². The van der Waals surface area contributed by atoms with E-state index in [1.165, 1.54) is 6.20 Å². The summed E-state index contributed by atoms with van der Waals surface area (Å²) in [6.45, 7) is 16.7. The van der Waals surface area contributed by atoms with Crippen molar-refractivity contribution in [1.82, 2.24) is 9.55 Å². The van der Waals surface area contributed by atoms with Gasteiger partial charge in [0.2, 0.25) is 5.43 Å². The predicted molar refractivity (Wildman–Crippen MR) is 124 cm³/mol. The van der Waals surface area contributed by atoms with Gasteiger partial charge >= 0.3 is 5.97 Å². The van der Waals surface area contributed by atoms with Gasteiger partial charge in [0.05, 0.1) is 28.8 Å². The zero-order chi connectivity index (χ0) is 22.9. The van der Waals surface area contributed by atoms with Crippen LogP contribution in [-0.2, 0) is 9.16 Å². The first-order chi connectivity index (χ1) is 13.8. The lowest BCUT2D eigenvalue weighted by Gasteiger charge is -2.41. The van der Waals surface area contributed by atoms with E-state index in [0.717, 1.165) is 0 Å². The van der Waals surface area contributed by atoms with Crippen LogP contribution in [0, 0.1) is 5.92 Å². The summed E-state index contributed by atoms with van der Waals surface area (Å²) in [5, 5.41) is 0.551. The maximum absolute atomic E-state index is 13.0. The molecule has 1 atom stereocenters. The number of hydrogen-bond acceptors (Lipinski definition) is 5. The molecular weight excluding hydrogens is 420 g/mol. The van der Waals surface area contributed by atoms with E-state index < -0.39 is 26.8 Å². The normalized spacial score (nSPS) is 14.1. The molecule has 0 saturated carbocycles. The summed E-state index contributed by atoms with van der Waals surface area (Å²) < 4.78 is 13.5. The van der Waals surface area contributed by atoms with Gasteiger partial charge in [-0.1, -0.05) is 46.2 Å². The first-order valence-electron chi connectivity index (χ1n) is 10.3. The summed E-state index contributed by atoms with van der Waals surface area (Å²) in [4.78, 5) is 29.7. The fraction of sp³-hybridized carbons (Fsp3) is 0.591. The quantitative estimate of drug-likeness (QED) is 0.456. The van der Waals surface area contributed by atoms with E-state index >= 15 is 0 Å². The predicted octanol–water partition coefficient (Wildman–Crippen LogP) is 4.52. The van der Waals surface area contributed by atoms with Crippen molar-refractivity contribution in [3.8, 4) is 0 Å². The second kappa shape index (κ2) is 9.20. The SMILES string of the molecule is CCOC(=O)c1cn([C@@H](C(C)C)C(C)(C)O[SiH2]C(C)(C)C)c2cc(Cl)cnc2c1=O. The van der Waals surface area contributed by atoms with E-state index in [1.54, 1.807) is 19.2 Å². The summed E-state index contributed by atoms with van der Waals surface area (Å²) in [6, 6.07) is 1.55. The van der Waals surface area contributed by atoms with Crippen LogP contribution < -0.4 is 5.43 Å². The van der Waals surface area contributed by atoms with Crippen LogP contribution in [0.4, 0.5) is 0 Å². The smallest absolute Gasteiger partial charge is 0.343 e. The molecule has 166 valence electrons. The average molecular weight is 453 g/mol. The molecule has 6 nitrogen and oxygen atoms in total. The Morgan fingerprint density at radius 2 is 1.90 bits per heavy atom. The third-order valence-corrected chi connectivity index (χ3v) is 6.82. The lowest BCUT2D eigenvalue weighted by atomic mass is 9.88. The molecule has 0 saturated heterocycles. The molecular formula is C22H33ClN2O4Si. The Labute approximate surface area is 185 Å². The van der Waals surface area contributed by atoms with Gasteiger partial charge in [-0.3, -0.25) is 4.79 Å². The zero-order valence-corrected chi connectivity index (χ0v) is 21.4. The van der Waals surface area contributed by atoms with Gasteiger partial charge in [-0.25, -0.2) is 9.78 Å². The van der Waals surface area contributed by atoms with E-state index in [4.69, 9.17) is 20.8 Å². The van der Waals surface area contributed by atoms with E-state index in [0.29, 0.717) is 10.5 Å². The number of rotatable bonds is 7. The molecule has 2 heterocycles. The number of esters is 1. The van der Waals surface area contributed by atoms with Crippen LogP contribution in [0.25, 0.3) is 11.0 Å². The van der Waals surface area contributed by atoms with E-state index in [1.807, 2.05) is 4.57 Å². The van der Waals surface area contributed by atoms with Crippen LogP contribution in [0.15, 0.2) is 23.3 Å². The van der Waals surface area contributed by atoms with Crippen molar-refractivity contribution in [2.24, 2.45) is 5.92 Å². The largest absolute Gasteiger partial charge is 0.462 e. The highest BCUT2D eigenvalue weighted by atomic mass is 35.5. The third-order valence-electron chi connectivity index (χ3n) is 4.86. The van der Waals surface area contributed by atoms with Crippen molar-refractivity contribution >= 4 is 38.4 Å². The Bertz CT molecular complexity index is 979. The highest BCUT2D eigenvalue weighted by Crippen LogP contribution is 2.37. The van der Waals surface area contributed by atoms with Gasteiger partial charge in [-0.05, 0) is 37.8 Å². The van der Waals surface area contributed by atoms with Crippen molar-refractivity contribution in [3.05, 3.63) is 39.3 Å². The molecule has 2 rings (SSSR count). The number of pyridine rings is 2. The van der Waals surface area contributed by atoms with Crippen LogP contribution in [0.1, 0.15) is 71.8 Å². The number of ether oxygens (including phenoxy) is 1. The molecule has 0 aromatic carbocycles. The summed E-state index contributed by atoms with van der Waals surface area (Å²) in [7, 11) is -0.843. The minimum Gasteiger partial charge on any atom is -0.462 e. The number of carbonyl (C=O) groups excluding carboxylic acids is 1. The molecule has 0 aliphatic rings. The standard InChI is InChI=1S/C22H33ClN2O4Si/c1-9-28-20(27)15-12-25(16-10-14(23)11-24-17(16)18(15)26)19(13(2)3)22(7,8)29-30-21(4,5)6/h10-13,19H,9,30H2,1-8H3/t19-/m0/s1. The molecule has 2 aromatic rings. The molecule has 30 heavy (non-hydrogen) atoms. The monoisotopic (exact) mass is 452 g/mol. The summed E-state index contributed by atoms with van der Waals surface area (Å²) in [6.07, 6.45) is 3.00. The number of carbonyl (C=O) groups is 1. The summed E-state index contributed by atoms with van der Waals surface area (Å²) in [5.74, 6) is -0.506. The molecule has 0 aliphatic carbocycles. The summed E-state index contributed by atoms with van der Waals surface area (Å²) in [5.41, 5.74) is -0.257. The van der Waals surface area contributed by atoms with Gasteiger partial charge in [-0.15, -0.1) is 0 Å². The van der Waals surface area contributed by atoms with Crippen molar-refractivity contribution in [1.29, 1.82) is 0 Å². The average Bonchev–Trinajstić information content (AvgIpc) is 2.61. The van der Waals surface area contributed by atoms with Gasteiger partial charge in [0, 0.05) is 12.4 Å². The Balaban J connectivity index is 2.77. The molecule has 2 aromatic heterocycles. The number of fused-ring (bicyclic) bond motifs is 1. The van der Waals surface area contributed by atoms with Gasteiger partial charge in [0.1, 0.15) is 11.1 Å². The second-order valence-electron chi connectivity index (χ2n) is 9.66. The van der Waals surface area contributed by atoms with Crippen LogP contribution in [0.3, 0.4) is 0 Å². The number of nitrogens with zero attached hydrogens (tertiary/aromatic N) is 2. The molecule has 0 radical (unpaired) electrons. The Hall–Kier alpha value is -1.70. The lowest BCUT2D eigenvalue weighted by Crippen LogP contribution is -2.42. The lowest BCUT2D eigenvalue weighted by molar-refractivity contribution is 0.0287. The Morgan fingerprint density at radius 3 is 2.43 bits per heavy atom. The van der Waals surface area contributed by atoms with Crippen molar-refractivity contribution in [3.63, 3.8) is 0 Å². The van der Waals surface area contributed by atoms with E-state index in [2.05, 4.69) is 53.5 Å². The molecule has 0 amide bonds. The Morgan fingerprint density at radius 1 is 1.27 bits per heavy atom. The van der Waals surface area contributed by atoms with E-state index in [-0.39, 0.29) is 34.7 Å². The topological polar surface area (TPSA) is 70.4 Å². The van der Waals surface area contributed by atoms with Crippen molar-refractivity contribution in [2.75, 3.05) is 6.61 Å². The second-order valence-corrected chi connectivity index (χ2v) is 12.8. The molecule has 0 fully saturated rings. The molecule has 0 aliphatic heterocycles. The number of hydrogen-bond donors (Lipinski definition) is 0. The van der Waals surface area contributed by atoms with Crippen molar-refractivity contribution in [2.45, 2.75) is 72.1 Å². The number of halogens is 1. The van der Waals surface area contributed by atoms with Crippen LogP contribution in [0.5, 0.6) is 0 Å². The van der Waals surface area contributed by atoms with Gasteiger partial charge in [0.25, 0.3) is 0 Å². The van der Waals surface area contributed by atoms with Gasteiger partial charge in [0.15, 0.2) is 9.76 Å². The number of aromatic nitrogens is 2. The third kappa shape index (κ3) is 5.50. The molecule has 0 spiro atoms. The molecule has 0 bridgehead atoms. The highest BCUT2D eigenvalue weighted by molar-refractivity contribution is 6.32. The maximum Gasteiger partial charge on any atom is 0.343 e. The van der Waals surface area contributed by atoms with Crippen LogP contribution in [-0.4, -0.2) is 37.5 Å². The zero-order valence-electron chi connectivity index (χ0n) is 19.2.